The average molecular weight is 685 g/mol. The molecule has 4 heteroatoms. The lowest BCUT2D eigenvalue weighted by atomic mass is 9.82. The molecule has 9 aromatic rings. The number of anilines is 3. The molecule has 2 aliphatic rings. The van der Waals surface area contributed by atoms with Crippen LogP contribution in [-0.4, -0.2) is 4.98 Å². The quantitative estimate of drug-likeness (QED) is 0.185. The lowest BCUT2D eigenvalue weighted by molar-refractivity contribution is 0.620. The summed E-state index contributed by atoms with van der Waals surface area (Å²) >= 11 is 0. The van der Waals surface area contributed by atoms with E-state index in [-0.39, 0.29) is 10.8 Å². The summed E-state index contributed by atoms with van der Waals surface area (Å²) in [5, 5.41) is 2.03. The van der Waals surface area contributed by atoms with E-state index in [1.165, 1.54) is 44.5 Å². The molecule has 0 radical (unpaired) electrons. The van der Waals surface area contributed by atoms with Gasteiger partial charge in [0, 0.05) is 38.4 Å². The second-order valence-corrected chi connectivity index (χ2v) is 15.5. The van der Waals surface area contributed by atoms with Crippen LogP contribution in [-0.2, 0) is 10.8 Å². The highest BCUT2D eigenvalue weighted by atomic mass is 16.4. The predicted octanol–water partition coefficient (Wildman–Crippen LogP) is 13.5. The number of oxazole rings is 1. The van der Waals surface area contributed by atoms with E-state index in [4.69, 9.17) is 13.8 Å². The van der Waals surface area contributed by atoms with Crippen LogP contribution >= 0.6 is 0 Å². The second kappa shape index (κ2) is 10.6. The molecule has 11 rings (SSSR count). The standard InChI is InChI=1S/C49H36N2O2/c1-48(2)36-20-11-8-17-31(36)34-27-30(25-26-38(34)48)51(40-23-14-22-39-43(40)33-19-9-12-21-37(33)49(39,3)4)45-44-42(53-47(50-44)29-15-6-5-7-16-29)28-35-32-18-10-13-24-41(32)52-46(35)45/h5-28H,1-4H3. The van der Waals surface area contributed by atoms with Crippen molar-refractivity contribution in [3.05, 3.63) is 168 Å². The SMILES string of the molecule is CC1(C)c2ccccc2-c2cc(N(c3cccc4c3-c3ccccc3C4(C)C)c3c4nc(-c5ccccc5)oc4cc4c3oc3ccccc34)ccc21. The Bertz CT molecular complexity index is 2960. The van der Waals surface area contributed by atoms with Crippen molar-refractivity contribution in [2.24, 2.45) is 0 Å². The molecule has 7 aromatic carbocycles. The number of para-hydroxylation sites is 1. The van der Waals surface area contributed by atoms with Crippen molar-refractivity contribution < 1.29 is 8.83 Å². The van der Waals surface area contributed by atoms with Gasteiger partial charge in [0.1, 0.15) is 16.8 Å². The Morgan fingerprint density at radius 1 is 0.509 bits per heavy atom. The highest BCUT2D eigenvalue weighted by Gasteiger charge is 2.40. The molecule has 2 aromatic heterocycles. The van der Waals surface area contributed by atoms with Crippen LogP contribution in [0.1, 0.15) is 49.9 Å². The van der Waals surface area contributed by atoms with Gasteiger partial charge in [0.25, 0.3) is 0 Å². The van der Waals surface area contributed by atoms with Gasteiger partial charge in [-0.3, -0.25) is 0 Å². The van der Waals surface area contributed by atoms with Crippen molar-refractivity contribution in [3.63, 3.8) is 0 Å². The van der Waals surface area contributed by atoms with Crippen molar-refractivity contribution in [3.8, 4) is 33.7 Å². The normalized spacial score (nSPS) is 14.7. The maximum Gasteiger partial charge on any atom is 0.227 e. The van der Waals surface area contributed by atoms with Gasteiger partial charge >= 0.3 is 0 Å². The third kappa shape index (κ3) is 4.09. The Labute approximate surface area is 308 Å². The average Bonchev–Trinajstić information content (AvgIpc) is 3.90. The lowest BCUT2D eigenvalue weighted by Crippen LogP contribution is -2.17. The zero-order valence-corrected chi connectivity index (χ0v) is 30.1. The molecule has 0 spiro atoms. The molecule has 0 fully saturated rings. The van der Waals surface area contributed by atoms with Crippen molar-refractivity contribution >= 4 is 50.1 Å². The molecule has 0 N–H and O–H groups in total. The Morgan fingerprint density at radius 3 is 2.00 bits per heavy atom. The minimum atomic E-state index is -0.177. The van der Waals surface area contributed by atoms with Crippen molar-refractivity contribution in [1.29, 1.82) is 0 Å². The third-order valence-corrected chi connectivity index (χ3v) is 11.9. The first-order valence-corrected chi connectivity index (χ1v) is 18.4. The van der Waals surface area contributed by atoms with E-state index in [1.54, 1.807) is 0 Å². The molecule has 53 heavy (non-hydrogen) atoms. The van der Waals surface area contributed by atoms with E-state index in [0.29, 0.717) is 11.5 Å². The van der Waals surface area contributed by atoms with Crippen molar-refractivity contribution in [2.45, 2.75) is 38.5 Å². The highest BCUT2D eigenvalue weighted by molar-refractivity contribution is 6.18. The number of fused-ring (bicyclic) bond motifs is 10. The Balaban J connectivity index is 1.29. The van der Waals surface area contributed by atoms with Gasteiger partial charge < -0.3 is 13.7 Å². The van der Waals surface area contributed by atoms with Gasteiger partial charge in [-0.2, -0.15) is 0 Å². The largest absolute Gasteiger partial charge is 0.454 e. The maximum absolute atomic E-state index is 6.92. The molecule has 0 unspecified atom stereocenters. The molecule has 2 heterocycles. The van der Waals surface area contributed by atoms with Crippen LogP contribution in [0.15, 0.2) is 154 Å². The van der Waals surface area contributed by atoms with Gasteiger partial charge in [0.05, 0.1) is 5.69 Å². The van der Waals surface area contributed by atoms with Crippen LogP contribution in [0.25, 0.3) is 66.7 Å². The van der Waals surface area contributed by atoms with Gasteiger partial charge in [-0.1, -0.05) is 131 Å². The van der Waals surface area contributed by atoms with E-state index in [0.717, 1.165) is 50.1 Å². The molecule has 4 nitrogen and oxygen atoms in total. The first-order chi connectivity index (χ1) is 25.8. The van der Waals surface area contributed by atoms with Gasteiger partial charge in [0.15, 0.2) is 11.2 Å². The zero-order valence-electron chi connectivity index (χ0n) is 30.1. The summed E-state index contributed by atoms with van der Waals surface area (Å²) in [6, 6.07) is 51.9. The number of benzene rings is 7. The van der Waals surface area contributed by atoms with Gasteiger partial charge in [-0.25, -0.2) is 4.98 Å². The van der Waals surface area contributed by atoms with Gasteiger partial charge in [0.2, 0.25) is 5.89 Å². The highest BCUT2D eigenvalue weighted by Crippen LogP contribution is 2.57. The number of nitrogens with zero attached hydrogens (tertiary/aromatic N) is 2. The summed E-state index contributed by atoms with van der Waals surface area (Å²) in [5.41, 5.74) is 17.0. The number of rotatable bonds is 4. The second-order valence-electron chi connectivity index (χ2n) is 15.5. The Hall–Kier alpha value is -6.39. The molecular formula is C49H36N2O2. The molecular weight excluding hydrogens is 649 g/mol. The molecule has 2 aliphatic carbocycles. The topological polar surface area (TPSA) is 42.4 Å². The first kappa shape index (κ1) is 30.3. The van der Waals surface area contributed by atoms with E-state index >= 15 is 0 Å². The number of hydrogen-bond acceptors (Lipinski definition) is 4. The summed E-state index contributed by atoms with van der Waals surface area (Å²) in [6.45, 7) is 9.33. The molecule has 254 valence electrons. The molecule has 0 saturated heterocycles. The summed E-state index contributed by atoms with van der Waals surface area (Å²) in [7, 11) is 0. The number of furan rings is 1. The van der Waals surface area contributed by atoms with Crippen molar-refractivity contribution in [2.75, 3.05) is 4.90 Å². The number of hydrogen-bond donors (Lipinski definition) is 0. The van der Waals surface area contributed by atoms with E-state index in [1.807, 2.05) is 42.5 Å². The predicted molar refractivity (Wildman–Crippen MR) is 217 cm³/mol. The molecule has 0 aliphatic heterocycles. The molecule has 0 bridgehead atoms. The minimum Gasteiger partial charge on any atom is -0.454 e. The van der Waals surface area contributed by atoms with Gasteiger partial charge in [-0.05, 0) is 81.4 Å². The van der Waals surface area contributed by atoms with Crippen LogP contribution in [0.2, 0.25) is 0 Å². The molecule has 0 atom stereocenters. The van der Waals surface area contributed by atoms with Crippen LogP contribution in [0.5, 0.6) is 0 Å². The first-order valence-electron chi connectivity index (χ1n) is 18.4. The number of aromatic nitrogens is 1. The summed E-state index contributed by atoms with van der Waals surface area (Å²) in [6.07, 6.45) is 0. The Morgan fingerprint density at radius 2 is 1.17 bits per heavy atom. The summed E-state index contributed by atoms with van der Waals surface area (Å²) in [5.74, 6) is 0.577. The van der Waals surface area contributed by atoms with Gasteiger partial charge in [-0.15, -0.1) is 0 Å². The zero-order chi connectivity index (χ0) is 35.6. The molecule has 0 amide bonds. The maximum atomic E-state index is 6.92. The smallest absolute Gasteiger partial charge is 0.227 e. The minimum absolute atomic E-state index is 0.116. The van der Waals surface area contributed by atoms with E-state index in [2.05, 4.69) is 136 Å². The lowest BCUT2D eigenvalue weighted by Gasteiger charge is -2.29. The fourth-order valence-corrected chi connectivity index (χ4v) is 9.29. The fourth-order valence-electron chi connectivity index (χ4n) is 9.29. The van der Waals surface area contributed by atoms with E-state index in [9.17, 15) is 0 Å². The van der Waals surface area contributed by atoms with E-state index < -0.39 is 0 Å². The fraction of sp³-hybridized carbons (Fsp3) is 0.122. The third-order valence-electron chi connectivity index (χ3n) is 11.9. The van der Waals surface area contributed by atoms with Crippen LogP contribution in [0, 0.1) is 0 Å². The summed E-state index contributed by atoms with van der Waals surface area (Å²) < 4.78 is 13.6. The Kier molecular flexibility index (Phi) is 6.04. The van der Waals surface area contributed by atoms with Crippen LogP contribution in [0.4, 0.5) is 17.1 Å². The molecule has 0 saturated carbocycles. The monoisotopic (exact) mass is 684 g/mol. The van der Waals surface area contributed by atoms with Crippen LogP contribution < -0.4 is 4.90 Å². The summed E-state index contributed by atoms with van der Waals surface area (Å²) in [4.78, 5) is 7.70. The van der Waals surface area contributed by atoms with Crippen molar-refractivity contribution in [1.82, 2.24) is 4.98 Å². The van der Waals surface area contributed by atoms with Crippen LogP contribution in [0.3, 0.4) is 0 Å².